The first-order valence-corrected chi connectivity index (χ1v) is 13.8. The molecule has 0 saturated carbocycles. The second-order valence-electron chi connectivity index (χ2n) is 9.95. The standard InChI is InChI=1S/C32H30ClNO2S/c1-22-9-8-13-25-19-32(23(2)35,20-29(22)25)34(31(36)24-10-4-3-5-11-24)21-26-12-6-7-14-30(26)37-28-17-15-27(33)16-18-28/h3-8,10-18,22H,9,19-21H2,1-2H3. The Kier molecular flexibility index (Phi) is 7.41. The monoisotopic (exact) mass is 527 g/mol. The average molecular weight is 528 g/mol. The molecule has 0 aliphatic heterocycles. The lowest BCUT2D eigenvalue weighted by Crippen LogP contribution is -2.55. The van der Waals surface area contributed by atoms with Crippen molar-refractivity contribution < 1.29 is 9.59 Å². The van der Waals surface area contributed by atoms with Gasteiger partial charge in [-0.1, -0.05) is 84.4 Å². The van der Waals surface area contributed by atoms with Crippen molar-refractivity contribution in [3.8, 4) is 0 Å². The quantitative estimate of drug-likeness (QED) is 0.311. The van der Waals surface area contributed by atoms with Gasteiger partial charge < -0.3 is 4.90 Å². The van der Waals surface area contributed by atoms with Gasteiger partial charge in [-0.3, -0.25) is 9.59 Å². The first-order chi connectivity index (χ1) is 17.9. The van der Waals surface area contributed by atoms with E-state index in [1.807, 2.05) is 71.6 Å². The topological polar surface area (TPSA) is 37.4 Å². The van der Waals surface area contributed by atoms with E-state index in [0.717, 1.165) is 21.8 Å². The van der Waals surface area contributed by atoms with Gasteiger partial charge in [-0.25, -0.2) is 0 Å². The summed E-state index contributed by atoms with van der Waals surface area (Å²) in [5.74, 6) is 0.302. The zero-order valence-corrected chi connectivity index (χ0v) is 22.7. The molecular formula is C32H30ClNO2S. The first-order valence-electron chi connectivity index (χ1n) is 12.7. The van der Waals surface area contributed by atoms with E-state index in [-0.39, 0.29) is 11.7 Å². The minimum atomic E-state index is -0.904. The summed E-state index contributed by atoms with van der Waals surface area (Å²) in [6.45, 7) is 4.21. The van der Waals surface area contributed by atoms with Gasteiger partial charge in [0.15, 0.2) is 5.78 Å². The molecule has 0 bridgehead atoms. The third-order valence-corrected chi connectivity index (χ3v) is 8.94. The van der Waals surface area contributed by atoms with E-state index < -0.39 is 5.54 Å². The largest absolute Gasteiger partial charge is 0.321 e. The van der Waals surface area contributed by atoms with E-state index in [1.165, 1.54) is 11.1 Å². The minimum absolute atomic E-state index is 0.0367. The number of nitrogens with zero attached hydrogens (tertiary/aromatic N) is 1. The smallest absolute Gasteiger partial charge is 0.255 e. The van der Waals surface area contributed by atoms with Crippen molar-refractivity contribution in [1.29, 1.82) is 0 Å². The Bertz CT molecular complexity index is 1380. The molecule has 188 valence electrons. The van der Waals surface area contributed by atoms with Crippen molar-refractivity contribution >= 4 is 35.1 Å². The van der Waals surface area contributed by atoms with Crippen LogP contribution in [-0.2, 0) is 11.3 Å². The molecule has 5 rings (SSSR count). The van der Waals surface area contributed by atoms with Crippen LogP contribution in [0.3, 0.4) is 0 Å². The van der Waals surface area contributed by atoms with Crippen LogP contribution in [0.5, 0.6) is 0 Å². The first kappa shape index (κ1) is 25.6. The summed E-state index contributed by atoms with van der Waals surface area (Å²) in [6, 6.07) is 25.2. The minimum Gasteiger partial charge on any atom is -0.321 e. The van der Waals surface area contributed by atoms with Gasteiger partial charge in [0.25, 0.3) is 5.91 Å². The van der Waals surface area contributed by atoms with Crippen LogP contribution in [0.2, 0.25) is 5.02 Å². The van der Waals surface area contributed by atoms with Crippen LogP contribution in [0, 0.1) is 5.92 Å². The van der Waals surface area contributed by atoms with Crippen molar-refractivity contribution in [2.45, 2.75) is 55.0 Å². The third kappa shape index (κ3) is 5.18. The summed E-state index contributed by atoms with van der Waals surface area (Å²) >= 11 is 7.73. The van der Waals surface area contributed by atoms with Gasteiger partial charge in [0, 0.05) is 33.3 Å². The number of allylic oxidation sites excluding steroid dienone is 2. The van der Waals surface area contributed by atoms with Gasteiger partial charge >= 0.3 is 0 Å². The molecular weight excluding hydrogens is 498 g/mol. The molecule has 1 amide bonds. The Morgan fingerprint density at radius 3 is 2.38 bits per heavy atom. The van der Waals surface area contributed by atoms with E-state index in [4.69, 9.17) is 11.6 Å². The molecule has 3 aromatic carbocycles. The summed E-state index contributed by atoms with van der Waals surface area (Å²) in [7, 11) is 0. The molecule has 2 atom stereocenters. The van der Waals surface area contributed by atoms with Gasteiger partial charge in [-0.05, 0) is 79.3 Å². The number of carbonyl (C=O) groups excluding carboxylic acids is 2. The van der Waals surface area contributed by atoms with Crippen LogP contribution in [0.15, 0.2) is 112 Å². The van der Waals surface area contributed by atoms with Crippen molar-refractivity contribution in [1.82, 2.24) is 4.90 Å². The number of hydrogen-bond acceptors (Lipinski definition) is 3. The van der Waals surface area contributed by atoms with Gasteiger partial charge in [-0.15, -0.1) is 0 Å². The average Bonchev–Trinajstić information content (AvgIpc) is 3.32. The highest BCUT2D eigenvalue weighted by Crippen LogP contribution is 2.47. The highest BCUT2D eigenvalue weighted by Gasteiger charge is 2.50. The fraction of sp³-hybridized carbons (Fsp3) is 0.250. The normalized spacial score (nSPS) is 20.6. The maximum Gasteiger partial charge on any atom is 0.255 e. The maximum atomic E-state index is 14.2. The van der Waals surface area contributed by atoms with E-state index in [0.29, 0.717) is 35.9 Å². The van der Waals surface area contributed by atoms with Gasteiger partial charge in [0.05, 0.1) is 0 Å². The molecule has 0 aromatic heterocycles. The number of Topliss-reactive ketones (excluding diaryl/α,β-unsaturated/α-hetero) is 1. The lowest BCUT2D eigenvalue weighted by Gasteiger charge is -2.41. The lowest BCUT2D eigenvalue weighted by molar-refractivity contribution is -0.127. The molecule has 2 aliphatic carbocycles. The van der Waals surface area contributed by atoms with Crippen molar-refractivity contribution in [2.24, 2.45) is 5.92 Å². The van der Waals surface area contributed by atoms with Gasteiger partial charge in [-0.2, -0.15) is 0 Å². The zero-order valence-electron chi connectivity index (χ0n) is 21.1. The van der Waals surface area contributed by atoms with Crippen LogP contribution >= 0.6 is 23.4 Å². The molecule has 0 heterocycles. The summed E-state index contributed by atoms with van der Waals surface area (Å²) < 4.78 is 0. The molecule has 0 fully saturated rings. The van der Waals surface area contributed by atoms with Crippen molar-refractivity contribution in [3.63, 3.8) is 0 Å². The second kappa shape index (κ2) is 10.7. The van der Waals surface area contributed by atoms with Gasteiger partial charge in [0.2, 0.25) is 0 Å². The number of ketones is 1. The highest BCUT2D eigenvalue weighted by atomic mass is 35.5. The summed E-state index contributed by atoms with van der Waals surface area (Å²) in [5, 5.41) is 0.696. The molecule has 2 unspecified atom stereocenters. The van der Waals surface area contributed by atoms with E-state index in [2.05, 4.69) is 31.2 Å². The Morgan fingerprint density at radius 2 is 1.68 bits per heavy atom. The lowest BCUT2D eigenvalue weighted by atomic mass is 9.84. The predicted molar refractivity (Wildman–Crippen MR) is 151 cm³/mol. The fourth-order valence-corrected chi connectivity index (χ4v) is 6.51. The van der Waals surface area contributed by atoms with Crippen LogP contribution < -0.4 is 0 Å². The SMILES string of the molecule is CC(=O)C1(N(Cc2ccccc2Sc2ccc(Cl)cc2)C(=O)c2ccccc2)CC2=C(C1)C(C)CC=C2. The highest BCUT2D eigenvalue weighted by molar-refractivity contribution is 7.99. The number of benzene rings is 3. The number of halogens is 1. The Hall–Kier alpha value is -3.08. The molecule has 0 spiro atoms. The molecule has 3 nitrogen and oxygen atoms in total. The molecule has 37 heavy (non-hydrogen) atoms. The van der Waals surface area contributed by atoms with Crippen molar-refractivity contribution in [3.05, 3.63) is 118 Å². The summed E-state index contributed by atoms with van der Waals surface area (Å²) in [4.78, 5) is 31.7. The van der Waals surface area contributed by atoms with Crippen molar-refractivity contribution in [2.75, 3.05) is 0 Å². The molecule has 3 aromatic rings. The molecule has 5 heteroatoms. The van der Waals surface area contributed by atoms with Crippen LogP contribution in [0.25, 0.3) is 0 Å². The van der Waals surface area contributed by atoms with E-state index in [1.54, 1.807) is 18.7 Å². The second-order valence-corrected chi connectivity index (χ2v) is 11.5. The number of rotatable bonds is 7. The third-order valence-electron chi connectivity index (χ3n) is 7.56. The summed E-state index contributed by atoms with van der Waals surface area (Å²) in [6.07, 6.45) is 6.48. The molecule has 0 N–H and O–H groups in total. The Labute approximate surface area is 228 Å². The van der Waals surface area contributed by atoms with E-state index >= 15 is 0 Å². The van der Waals surface area contributed by atoms with Crippen LogP contribution in [-0.4, -0.2) is 22.1 Å². The summed E-state index contributed by atoms with van der Waals surface area (Å²) in [5.41, 5.74) is 3.23. The number of carbonyl (C=O) groups is 2. The van der Waals surface area contributed by atoms with E-state index in [9.17, 15) is 9.59 Å². The molecule has 0 saturated heterocycles. The van der Waals surface area contributed by atoms with Crippen LogP contribution in [0.4, 0.5) is 0 Å². The Balaban J connectivity index is 1.55. The number of hydrogen-bond donors (Lipinski definition) is 0. The fourth-order valence-electron chi connectivity index (χ4n) is 5.45. The maximum absolute atomic E-state index is 14.2. The molecule has 0 radical (unpaired) electrons. The predicted octanol–water partition coefficient (Wildman–Crippen LogP) is 8.15. The van der Waals surface area contributed by atoms with Gasteiger partial charge in [0.1, 0.15) is 5.54 Å². The molecule has 2 aliphatic rings. The van der Waals surface area contributed by atoms with Crippen LogP contribution in [0.1, 0.15) is 49.0 Å². The Morgan fingerprint density at radius 1 is 0.973 bits per heavy atom. The zero-order chi connectivity index (χ0) is 26.0. The number of amides is 1.